The number of hydrogen-bond donors (Lipinski definition) is 1. The zero-order valence-corrected chi connectivity index (χ0v) is 17.4. The van der Waals surface area contributed by atoms with Gasteiger partial charge < -0.3 is 14.8 Å². The summed E-state index contributed by atoms with van der Waals surface area (Å²) >= 11 is 0. The quantitative estimate of drug-likeness (QED) is 0.825. The molecular weight excluding hydrogens is 378 g/mol. The van der Waals surface area contributed by atoms with Crippen molar-refractivity contribution >= 4 is 11.5 Å². The van der Waals surface area contributed by atoms with Crippen LogP contribution in [0.4, 0.5) is 5.69 Å². The van der Waals surface area contributed by atoms with Gasteiger partial charge in [-0.25, -0.2) is 9.97 Å². The number of aromatic nitrogens is 2. The molecule has 156 valence electrons. The van der Waals surface area contributed by atoms with Crippen molar-refractivity contribution in [3.63, 3.8) is 0 Å². The number of ketones is 1. The second-order valence-electron chi connectivity index (χ2n) is 8.84. The summed E-state index contributed by atoms with van der Waals surface area (Å²) in [5.74, 6) is 0.0824. The molecule has 0 radical (unpaired) electrons. The fourth-order valence-electron chi connectivity index (χ4n) is 5.46. The van der Waals surface area contributed by atoms with Crippen LogP contribution in [0.1, 0.15) is 33.1 Å². The van der Waals surface area contributed by atoms with Gasteiger partial charge in [0.05, 0.1) is 18.9 Å². The Morgan fingerprint density at radius 3 is 2.63 bits per heavy atom. The number of allylic oxidation sites excluding steroid dienone is 2. The average molecular weight is 405 g/mol. The van der Waals surface area contributed by atoms with Crippen LogP contribution < -0.4 is 5.32 Å². The minimum absolute atomic E-state index is 0.182. The summed E-state index contributed by atoms with van der Waals surface area (Å²) < 4.78 is 12.0. The zero-order chi connectivity index (χ0) is 20.8. The summed E-state index contributed by atoms with van der Waals surface area (Å²) in [5.41, 5.74) is 3.13. The van der Waals surface area contributed by atoms with Gasteiger partial charge in [0.15, 0.2) is 11.6 Å². The first-order chi connectivity index (χ1) is 14.5. The molecule has 6 heteroatoms. The lowest BCUT2D eigenvalue weighted by Gasteiger charge is -2.52. The van der Waals surface area contributed by atoms with E-state index in [1.165, 1.54) is 6.33 Å². The minimum atomic E-state index is -0.505. The monoisotopic (exact) mass is 405 g/mol. The first-order valence-corrected chi connectivity index (χ1v) is 10.7. The van der Waals surface area contributed by atoms with Gasteiger partial charge in [0.1, 0.15) is 6.33 Å². The number of nitrogens with one attached hydrogen (secondary N) is 1. The van der Waals surface area contributed by atoms with Crippen LogP contribution in [-0.2, 0) is 14.3 Å². The molecular formula is C24H27N3O3. The van der Waals surface area contributed by atoms with Crippen molar-refractivity contribution in [3.05, 3.63) is 54.8 Å². The van der Waals surface area contributed by atoms with Gasteiger partial charge in [-0.2, -0.15) is 0 Å². The Balaban J connectivity index is 1.39. The van der Waals surface area contributed by atoms with Crippen molar-refractivity contribution in [1.82, 2.24) is 9.97 Å². The number of benzene rings is 1. The van der Waals surface area contributed by atoms with E-state index in [9.17, 15) is 4.79 Å². The highest BCUT2D eigenvalue weighted by molar-refractivity contribution is 6.03. The molecule has 1 aromatic heterocycles. The Morgan fingerprint density at radius 2 is 1.87 bits per heavy atom. The van der Waals surface area contributed by atoms with E-state index in [0.29, 0.717) is 18.9 Å². The Bertz CT molecular complexity index is 984. The van der Waals surface area contributed by atoms with Gasteiger partial charge >= 0.3 is 0 Å². The van der Waals surface area contributed by atoms with E-state index in [1.54, 1.807) is 12.4 Å². The SMILES string of the molecule is C[C@H]1[C@@H]2CC=C(Nc3cccc(-c4cncnc4)c3)C(=O)[C@@]2(C)CCC12OCCO2. The lowest BCUT2D eigenvalue weighted by atomic mass is 9.55. The van der Waals surface area contributed by atoms with E-state index in [1.807, 2.05) is 24.3 Å². The number of hydrogen-bond acceptors (Lipinski definition) is 6. The predicted molar refractivity (Wildman–Crippen MR) is 113 cm³/mol. The third-order valence-electron chi connectivity index (χ3n) is 7.26. The second-order valence-corrected chi connectivity index (χ2v) is 8.84. The summed E-state index contributed by atoms with van der Waals surface area (Å²) in [6.07, 6.45) is 9.53. The number of carbonyl (C=O) groups excluding carboxylic acids is 1. The van der Waals surface area contributed by atoms with Crippen LogP contribution in [0, 0.1) is 17.3 Å². The number of fused-ring (bicyclic) bond motifs is 1. The molecule has 3 aliphatic rings. The van der Waals surface area contributed by atoms with Crippen molar-refractivity contribution in [3.8, 4) is 11.1 Å². The van der Waals surface area contributed by atoms with Crippen LogP contribution in [0.3, 0.4) is 0 Å². The van der Waals surface area contributed by atoms with E-state index < -0.39 is 11.2 Å². The Labute approximate surface area is 176 Å². The van der Waals surface area contributed by atoms with Gasteiger partial charge in [-0.15, -0.1) is 0 Å². The lowest BCUT2D eigenvalue weighted by molar-refractivity contribution is -0.239. The van der Waals surface area contributed by atoms with E-state index >= 15 is 0 Å². The van der Waals surface area contributed by atoms with Gasteiger partial charge in [-0.1, -0.05) is 32.1 Å². The molecule has 2 aliphatic carbocycles. The molecule has 1 N–H and O–H groups in total. The smallest absolute Gasteiger partial charge is 0.184 e. The molecule has 1 aromatic carbocycles. The molecule has 0 unspecified atom stereocenters. The molecule has 5 rings (SSSR count). The van der Waals surface area contributed by atoms with E-state index in [4.69, 9.17) is 9.47 Å². The van der Waals surface area contributed by atoms with Crippen molar-refractivity contribution < 1.29 is 14.3 Å². The van der Waals surface area contributed by atoms with Crippen molar-refractivity contribution in [2.75, 3.05) is 18.5 Å². The van der Waals surface area contributed by atoms with Crippen LogP contribution >= 0.6 is 0 Å². The van der Waals surface area contributed by atoms with Gasteiger partial charge in [0.2, 0.25) is 0 Å². The zero-order valence-electron chi connectivity index (χ0n) is 17.4. The fourth-order valence-corrected chi connectivity index (χ4v) is 5.46. The van der Waals surface area contributed by atoms with E-state index in [0.717, 1.165) is 36.1 Å². The van der Waals surface area contributed by atoms with Gasteiger partial charge in [0, 0.05) is 41.4 Å². The maximum Gasteiger partial charge on any atom is 0.184 e. The number of Topliss-reactive ketones (excluding diaryl/α,β-unsaturated/α-hetero) is 1. The molecule has 1 saturated heterocycles. The minimum Gasteiger partial charge on any atom is -0.353 e. The Morgan fingerprint density at radius 1 is 1.10 bits per heavy atom. The number of anilines is 1. The highest BCUT2D eigenvalue weighted by Crippen LogP contribution is 2.55. The fraction of sp³-hybridized carbons (Fsp3) is 0.458. The molecule has 1 aliphatic heterocycles. The van der Waals surface area contributed by atoms with Crippen molar-refractivity contribution in [1.29, 1.82) is 0 Å². The first kappa shape index (κ1) is 19.4. The van der Waals surface area contributed by atoms with Crippen LogP contribution in [0.2, 0.25) is 0 Å². The molecule has 6 nitrogen and oxygen atoms in total. The second kappa shape index (κ2) is 7.29. The molecule has 0 amide bonds. The topological polar surface area (TPSA) is 73.3 Å². The average Bonchev–Trinajstić information content (AvgIpc) is 3.25. The number of carbonyl (C=O) groups is 1. The normalized spacial score (nSPS) is 30.1. The standard InChI is InChI=1S/C24H27N3O3/c1-16-20-6-7-21(22(28)23(20,2)8-9-24(16)29-10-11-30-24)27-19-5-3-4-17(12-19)18-13-25-15-26-14-18/h3-5,7,12-16,20,27H,6,8-11H2,1-2H3/t16-,20-,23-/m0/s1. The van der Waals surface area contributed by atoms with Crippen LogP contribution in [0.15, 0.2) is 54.8 Å². The van der Waals surface area contributed by atoms with Gasteiger partial charge in [-0.05, 0) is 36.5 Å². The van der Waals surface area contributed by atoms with Crippen LogP contribution in [-0.4, -0.2) is 34.8 Å². The molecule has 3 atom stereocenters. The van der Waals surface area contributed by atoms with Crippen molar-refractivity contribution in [2.45, 2.75) is 38.9 Å². The van der Waals surface area contributed by atoms with E-state index in [-0.39, 0.29) is 17.6 Å². The highest BCUT2D eigenvalue weighted by Gasteiger charge is 2.58. The number of ether oxygens (including phenoxy) is 2. The maximum absolute atomic E-state index is 13.6. The summed E-state index contributed by atoms with van der Waals surface area (Å²) in [4.78, 5) is 21.7. The third-order valence-corrected chi connectivity index (χ3v) is 7.26. The van der Waals surface area contributed by atoms with Gasteiger partial charge in [-0.3, -0.25) is 4.79 Å². The Hall–Kier alpha value is -2.57. The van der Waals surface area contributed by atoms with Crippen molar-refractivity contribution in [2.24, 2.45) is 17.3 Å². The molecule has 2 aromatic rings. The van der Waals surface area contributed by atoms with Crippen LogP contribution in [0.5, 0.6) is 0 Å². The summed E-state index contributed by atoms with van der Waals surface area (Å²) in [6.45, 7) is 5.59. The summed E-state index contributed by atoms with van der Waals surface area (Å²) in [6, 6.07) is 8.00. The lowest BCUT2D eigenvalue weighted by Crippen LogP contribution is -2.56. The molecule has 1 saturated carbocycles. The molecule has 2 heterocycles. The summed E-state index contributed by atoms with van der Waals surface area (Å²) in [7, 11) is 0. The molecule has 1 spiro atoms. The third kappa shape index (κ3) is 3.06. The molecule has 30 heavy (non-hydrogen) atoms. The molecule has 2 fully saturated rings. The van der Waals surface area contributed by atoms with Crippen LogP contribution in [0.25, 0.3) is 11.1 Å². The van der Waals surface area contributed by atoms with E-state index in [2.05, 4.69) is 35.2 Å². The number of rotatable bonds is 3. The largest absolute Gasteiger partial charge is 0.353 e. The first-order valence-electron chi connectivity index (χ1n) is 10.7. The maximum atomic E-state index is 13.6. The van der Waals surface area contributed by atoms with Gasteiger partial charge in [0.25, 0.3) is 0 Å². The number of nitrogens with zero attached hydrogens (tertiary/aromatic N) is 2. The Kier molecular flexibility index (Phi) is 4.71. The summed E-state index contributed by atoms with van der Waals surface area (Å²) in [5, 5.41) is 3.38. The highest BCUT2D eigenvalue weighted by atomic mass is 16.7. The molecule has 0 bridgehead atoms. The predicted octanol–water partition coefficient (Wildman–Crippen LogP) is 4.21.